The van der Waals surface area contributed by atoms with Gasteiger partial charge in [-0.25, -0.2) is 4.39 Å². The van der Waals surface area contributed by atoms with Gasteiger partial charge in [-0.15, -0.1) is 0 Å². The molecule has 0 bridgehead atoms. The molecule has 1 aromatic carbocycles. The SMILES string of the molecule is CC(C)C(=O)N1CCC=C(c2ccc3cc(C(=O)N(C)C)[nH]c3c2F)C1. The number of nitrogens with one attached hydrogen (secondary N) is 1. The van der Waals surface area contributed by atoms with E-state index in [9.17, 15) is 9.59 Å². The quantitative estimate of drug-likeness (QED) is 0.916. The molecule has 0 atom stereocenters. The van der Waals surface area contributed by atoms with Crippen LogP contribution in [0.15, 0.2) is 24.3 Å². The first-order valence-electron chi connectivity index (χ1n) is 8.80. The summed E-state index contributed by atoms with van der Waals surface area (Å²) < 4.78 is 15.1. The van der Waals surface area contributed by atoms with E-state index >= 15 is 4.39 Å². The normalized spacial score (nSPS) is 14.7. The molecule has 0 radical (unpaired) electrons. The van der Waals surface area contributed by atoms with Crippen molar-refractivity contribution in [2.24, 2.45) is 5.92 Å². The van der Waals surface area contributed by atoms with Crippen molar-refractivity contribution in [3.05, 3.63) is 41.3 Å². The molecule has 0 unspecified atom stereocenters. The fraction of sp³-hybridized carbons (Fsp3) is 0.400. The minimum absolute atomic E-state index is 0.0790. The zero-order valence-electron chi connectivity index (χ0n) is 15.6. The number of fused-ring (bicyclic) bond motifs is 1. The van der Waals surface area contributed by atoms with E-state index < -0.39 is 0 Å². The van der Waals surface area contributed by atoms with Crippen LogP contribution in [-0.2, 0) is 4.79 Å². The predicted octanol–water partition coefficient (Wildman–Crippen LogP) is 3.28. The summed E-state index contributed by atoms with van der Waals surface area (Å²) in [7, 11) is 3.31. The van der Waals surface area contributed by atoms with Gasteiger partial charge in [-0.05, 0) is 18.1 Å². The second-order valence-corrected chi connectivity index (χ2v) is 7.21. The summed E-state index contributed by atoms with van der Waals surface area (Å²) in [5, 5.41) is 0.656. The number of aromatic nitrogens is 1. The van der Waals surface area contributed by atoms with Crippen LogP contribution in [0, 0.1) is 11.7 Å². The lowest BCUT2D eigenvalue weighted by molar-refractivity contribution is -0.133. The first kappa shape index (κ1) is 18.2. The molecule has 2 amide bonds. The Labute approximate surface area is 152 Å². The molecule has 0 saturated carbocycles. The van der Waals surface area contributed by atoms with E-state index in [1.807, 2.05) is 19.9 Å². The number of carbonyl (C=O) groups is 2. The molecule has 1 aliphatic heterocycles. The average molecular weight is 357 g/mol. The topological polar surface area (TPSA) is 56.4 Å². The maximum absolute atomic E-state index is 15.1. The Morgan fingerprint density at radius 1 is 1.27 bits per heavy atom. The van der Waals surface area contributed by atoms with Crippen molar-refractivity contribution < 1.29 is 14.0 Å². The van der Waals surface area contributed by atoms with Gasteiger partial charge >= 0.3 is 0 Å². The van der Waals surface area contributed by atoms with Gasteiger partial charge in [0.2, 0.25) is 5.91 Å². The lowest BCUT2D eigenvalue weighted by Crippen LogP contribution is -2.38. The highest BCUT2D eigenvalue weighted by atomic mass is 19.1. The number of amides is 2. The summed E-state index contributed by atoms with van der Waals surface area (Å²) in [5.74, 6) is -0.585. The summed E-state index contributed by atoms with van der Waals surface area (Å²) in [6.07, 6.45) is 2.70. The van der Waals surface area contributed by atoms with Gasteiger partial charge in [0.25, 0.3) is 5.91 Å². The number of hydrogen-bond acceptors (Lipinski definition) is 2. The van der Waals surface area contributed by atoms with Gasteiger partial charge in [-0.3, -0.25) is 9.59 Å². The fourth-order valence-corrected chi connectivity index (χ4v) is 3.26. The summed E-state index contributed by atoms with van der Waals surface area (Å²) in [6, 6.07) is 5.19. The molecule has 26 heavy (non-hydrogen) atoms. The third-order valence-electron chi connectivity index (χ3n) is 4.67. The molecule has 0 fully saturated rings. The number of rotatable bonds is 3. The Kier molecular flexibility index (Phi) is 4.85. The lowest BCUT2D eigenvalue weighted by atomic mass is 9.98. The number of benzene rings is 1. The number of hydrogen-bond donors (Lipinski definition) is 1. The van der Waals surface area contributed by atoms with Crippen molar-refractivity contribution in [2.45, 2.75) is 20.3 Å². The van der Waals surface area contributed by atoms with Crippen molar-refractivity contribution in [1.29, 1.82) is 0 Å². The second-order valence-electron chi connectivity index (χ2n) is 7.21. The monoisotopic (exact) mass is 357 g/mol. The van der Waals surface area contributed by atoms with Gasteiger partial charge in [-0.2, -0.15) is 0 Å². The first-order chi connectivity index (χ1) is 12.3. The third kappa shape index (κ3) is 3.23. The summed E-state index contributed by atoms with van der Waals surface area (Å²) in [4.78, 5) is 30.5. The number of nitrogens with zero attached hydrogens (tertiary/aromatic N) is 2. The maximum Gasteiger partial charge on any atom is 0.269 e. The zero-order chi connectivity index (χ0) is 19.0. The lowest BCUT2D eigenvalue weighted by Gasteiger charge is -2.29. The van der Waals surface area contributed by atoms with E-state index in [4.69, 9.17) is 0 Å². The molecule has 6 heteroatoms. The Hall–Kier alpha value is -2.63. The largest absolute Gasteiger partial charge is 0.348 e. The van der Waals surface area contributed by atoms with Crippen LogP contribution in [-0.4, -0.2) is 53.8 Å². The Bertz CT molecular complexity index is 896. The minimum atomic E-state index is -0.384. The van der Waals surface area contributed by atoms with Crippen LogP contribution in [0.5, 0.6) is 0 Å². The molecule has 2 aromatic rings. The zero-order valence-corrected chi connectivity index (χ0v) is 15.6. The maximum atomic E-state index is 15.1. The number of H-pyrrole nitrogens is 1. The summed E-state index contributed by atoms with van der Waals surface area (Å²) >= 11 is 0. The molecule has 3 rings (SSSR count). The molecule has 2 heterocycles. The molecule has 0 spiro atoms. The molecule has 0 aliphatic carbocycles. The van der Waals surface area contributed by atoms with Gasteiger partial charge in [0.05, 0.1) is 5.52 Å². The van der Waals surface area contributed by atoms with Crippen LogP contribution in [0.1, 0.15) is 36.3 Å². The van der Waals surface area contributed by atoms with Crippen molar-refractivity contribution in [3.63, 3.8) is 0 Å². The molecule has 0 saturated heterocycles. The van der Waals surface area contributed by atoms with E-state index in [-0.39, 0.29) is 23.5 Å². The van der Waals surface area contributed by atoms with E-state index in [1.54, 1.807) is 37.2 Å². The van der Waals surface area contributed by atoms with Crippen LogP contribution < -0.4 is 0 Å². The van der Waals surface area contributed by atoms with Crippen LogP contribution in [0.2, 0.25) is 0 Å². The van der Waals surface area contributed by atoms with Crippen molar-refractivity contribution in [2.75, 3.05) is 27.2 Å². The summed E-state index contributed by atoms with van der Waals surface area (Å²) in [5.41, 5.74) is 1.96. The van der Waals surface area contributed by atoms with Crippen molar-refractivity contribution in [1.82, 2.24) is 14.8 Å². The van der Waals surface area contributed by atoms with Crippen molar-refractivity contribution >= 4 is 28.3 Å². The highest BCUT2D eigenvalue weighted by molar-refractivity contribution is 5.98. The number of aromatic amines is 1. The first-order valence-corrected chi connectivity index (χ1v) is 8.80. The van der Waals surface area contributed by atoms with Crippen LogP contribution in [0.3, 0.4) is 0 Å². The third-order valence-corrected chi connectivity index (χ3v) is 4.67. The van der Waals surface area contributed by atoms with Gasteiger partial charge in [0, 0.05) is 44.1 Å². The second kappa shape index (κ2) is 6.94. The highest BCUT2D eigenvalue weighted by Gasteiger charge is 2.23. The number of carbonyl (C=O) groups excluding carboxylic acids is 2. The molecule has 1 aromatic heterocycles. The Morgan fingerprint density at radius 2 is 2.00 bits per heavy atom. The minimum Gasteiger partial charge on any atom is -0.348 e. The van der Waals surface area contributed by atoms with Gasteiger partial charge < -0.3 is 14.8 Å². The molecule has 1 N–H and O–H groups in total. The van der Waals surface area contributed by atoms with E-state index in [2.05, 4.69) is 4.98 Å². The Morgan fingerprint density at radius 3 is 2.65 bits per heavy atom. The summed E-state index contributed by atoms with van der Waals surface area (Å²) in [6.45, 7) is 4.81. The van der Waals surface area contributed by atoms with Gasteiger partial charge in [0.1, 0.15) is 5.69 Å². The van der Waals surface area contributed by atoms with E-state index in [0.29, 0.717) is 41.7 Å². The molecular weight excluding hydrogens is 333 g/mol. The average Bonchev–Trinajstić information content (AvgIpc) is 3.05. The Balaban J connectivity index is 1.96. The molecular formula is C20H24FN3O2. The highest BCUT2D eigenvalue weighted by Crippen LogP contribution is 2.29. The molecule has 1 aliphatic rings. The predicted molar refractivity (Wildman–Crippen MR) is 100 cm³/mol. The molecule has 5 nitrogen and oxygen atoms in total. The standard InChI is InChI=1S/C20H24FN3O2/c1-12(2)19(25)24-9-5-6-14(11-24)15-8-7-13-10-16(20(26)23(3)4)22-18(13)17(15)21/h6-8,10,12,22H,5,9,11H2,1-4H3. The molecule has 138 valence electrons. The van der Waals surface area contributed by atoms with Crippen LogP contribution in [0.4, 0.5) is 4.39 Å². The smallest absolute Gasteiger partial charge is 0.269 e. The van der Waals surface area contributed by atoms with Gasteiger partial charge in [0.15, 0.2) is 5.82 Å². The van der Waals surface area contributed by atoms with Crippen molar-refractivity contribution in [3.8, 4) is 0 Å². The van der Waals surface area contributed by atoms with Crippen LogP contribution in [0.25, 0.3) is 16.5 Å². The number of halogens is 1. The van der Waals surface area contributed by atoms with Crippen LogP contribution >= 0.6 is 0 Å². The van der Waals surface area contributed by atoms with Gasteiger partial charge in [-0.1, -0.05) is 32.1 Å². The van der Waals surface area contributed by atoms with E-state index in [0.717, 1.165) is 5.57 Å². The fourth-order valence-electron chi connectivity index (χ4n) is 3.26. The van der Waals surface area contributed by atoms with E-state index in [1.165, 1.54) is 4.90 Å².